The van der Waals surface area contributed by atoms with Crippen LogP contribution in [-0.4, -0.2) is 43.4 Å². The Bertz CT molecular complexity index is 669. The van der Waals surface area contributed by atoms with Crippen molar-refractivity contribution < 1.29 is 19.2 Å². The van der Waals surface area contributed by atoms with E-state index in [1.807, 2.05) is 6.07 Å². The first kappa shape index (κ1) is 17.2. The van der Waals surface area contributed by atoms with E-state index in [4.69, 9.17) is 26.9 Å². The zero-order valence-electron chi connectivity index (χ0n) is 12.9. The number of carbonyl (C=O) groups is 2. The van der Waals surface area contributed by atoms with Crippen LogP contribution in [0.2, 0.25) is 4.34 Å². The Labute approximate surface area is 148 Å². The van der Waals surface area contributed by atoms with Crippen LogP contribution in [0.15, 0.2) is 17.3 Å². The molecule has 1 aromatic heterocycles. The van der Waals surface area contributed by atoms with E-state index in [9.17, 15) is 9.59 Å². The molecule has 7 nitrogen and oxygen atoms in total. The second-order valence-electron chi connectivity index (χ2n) is 5.91. The van der Waals surface area contributed by atoms with Crippen LogP contribution in [0.5, 0.6) is 0 Å². The van der Waals surface area contributed by atoms with Gasteiger partial charge in [0.05, 0.1) is 14.6 Å². The van der Waals surface area contributed by atoms with Gasteiger partial charge in [-0.05, 0) is 25.0 Å². The Morgan fingerprint density at radius 3 is 2.79 bits per heavy atom. The molecule has 24 heavy (non-hydrogen) atoms. The Morgan fingerprint density at radius 2 is 2.17 bits per heavy atom. The number of amides is 2. The largest absolute Gasteiger partial charge is 0.382 e. The molecule has 1 saturated heterocycles. The lowest BCUT2D eigenvalue weighted by Crippen LogP contribution is -2.51. The number of rotatable bonds is 5. The van der Waals surface area contributed by atoms with Gasteiger partial charge in [0.25, 0.3) is 5.91 Å². The van der Waals surface area contributed by atoms with Crippen LogP contribution in [0.1, 0.15) is 24.1 Å². The van der Waals surface area contributed by atoms with Crippen molar-refractivity contribution in [2.75, 3.05) is 19.8 Å². The van der Waals surface area contributed by atoms with Crippen LogP contribution in [0, 0.1) is 5.41 Å². The number of nitrogens with one attached hydrogen (secondary N) is 1. The van der Waals surface area contributed by atoms with E-state index in [1.54, 1.807) is 6.07 Å². The van der Waals surface area contributed by atoms with Crippen LogP contribution in [0.25, 0.3) is 0 Å². The Hall–Kier alpha value is -1.64. The molecule has 2 aliphatic heterocycles. The van der Waals surface area contributed by atoms with Gasteiger partial charge in [0, 0.05) is 26.2 Å². The van der Waals surface area contributed by atoms with Crippen molar-refractivity contribution in [3.63, 3.8) is 0 Å². The average molecular weight is 372 g/mol. The van der Waals surface area contributed by atoms with Crippen molar-refractivity contribution >= 4 is 40.5 Å². The molecule has 2 amide bonds. The summed E-state index contributed by atoms with van der Waals surface area (Å²) in [5.74, 6) is -0.716. The maximum Gasteiger partial charge on any atom is 0.264 e. The third-order valence-electron chi connectivity index (χ3n) is 4.39. The molecule has 2 aliphatic rings. The van der Waals surface area contributed by atoms with Gasteiger partial charge in [-0.15, -0.1) is 11.3 Å². The molecule has 0 radical (unpaired) electrons. The maximum atomic E-state index is 12.3. The SMILES string of the molecule is NC(=O)C1(CNC(=O)C2CC(c3ccc(Cl)s3)=NO2)CCOCC1. The number of halogens is 1. The number of hydrogen-bond acceptors (Lipinski definition) is 6. The van der Waals surface area contributed by atoms with Crippen molar-refractivity contribution in [1.82, 2.24) is 5.32 Å². The first-order valence-electron chi connectivity index (χ1n) is 7.64. The Balaban J connectivity index is 1.55. The van der Waals surface area contributed by atoms with Crippen molar-refractivity contribution in [1.29, 1.82) is 0 Å². The van der Waals surface area contributed by atoms with Gasteiger partial charge in [-0.2, -0.15) is 0 Å². The summed E-state index contributed by atoms with van der Waals surface area (Å²) < 4.78 is 5.93. The molecule has 3 rings (SSSR count). The standard InChI is InChI=1S/C15H18ClN3O4S/c16-12-2-1-11(24-12)9-7-10(23-19-9)13(20)18-8-15(14(17)21)3-5-22-6-4-15/h1-2,10H,3-8H2,(H2,17,21)(H,18,20). The van der Waals surface area contributed by atoms with Crippen molar-refractivity contribution in [3.05, 3.63) is 21.3 Å². The summed E-state index contributed by atoms with van der Waals surface area (Å²) in [4.78, 5) is 30.2. The molecular formula is C15H18ClN3O4S. The molecule has 1 aromatic rings. The van der Waals surface area contributed by atoms with Gasteiger partial charge in [-0.25, -0.2) is 0 Å². The topological polar surface area (TPSA) is 103 Å². The molecule has 0 saturated carbocycles. The number of nitrogens with zero attached hydrogens (tertiary/aromatic N) is 1. The van der Waals surface area contributed by atoms with Crippen LogP contribution < -0.4 is 11.1 Å². The first-order valence-corrected chi connectivity index (χ1v) is 8.83. The number of ether oxygens (including phenoxy) is 1. The summed E-state index contributed by atoms with van der Waals surface area (Å²) >= 11 is 7.29. The number of thiophene rings is 1. The number of primary amides is 1. The van der Waals surface area contributed by atoms with Gasteiger partial charge < -0.3 is 20.6 Å². The minimum atomic E-state index is -0.753. The zero-order valence-corrected chi connectivity index (χ0v) is 14.5. The van der Waals surface area contributed by atoms with Crippen molar-refractivity contribution in [2.45, 2.75) is 25.4 Å². The monoisotopic (exact) mass is 371 g/mol. The van der Waals surface area contributed by atoms with E-state index in [2.05, 4.69) is 10.5 Å². The summed E-state index contributed by atoms with van der Waals surface area (Å²) in [7, 11) is 0. The summed E-state index contributed by atoms with van der Waals surface area (Å²) in [5, 5.41) is 6.74. The van der Waals surface area contributed by atoms with E-state index < -0.39 is 17.4 Å². The highest BCUT2D eigenvalue weighted by Crippen LogP contribution is 2.30. The van der Waals surface area contributed by atoms with Gasteiger partial charge >= 0.3 is 0 Å². The molecule has 1 atom stereocenters. The van der Waals surface area contributed by atoms with E-state index in [-0.39, 0.29) is 12.5 Å². The number of carbonyl (C=O) groups excluding carboxylic acids is 2. The van der Waals surface area contributed by atoms with Gasteiger partial charge in [0.2, 0.25) is 12.0 Å². The quantitative estimate of drug-likeness (QED) is 0.813. The van der Waals surface area contributed by atoms with Crippen LogP contribution in [0.3, 0.4) is 0 Å². The number of oxime groups is 1. The van der Waals surface area contributed by atoms with Crippen LogP contribution >= 0.6 is 22.9 Å². The van der Waals surface area contributed by atoms with Gasteiger partial charge in [-0.3, -0.25) is 9.59 Å². The second-order valence-corrected chi connectivity index (χ2v) is 7.63. The molecule has 0 aliphatic carbocycles. The maximum absolute atomic E-state index is 12.3. The van der Waals surface area contributed by atoms with E-state index in [0.29, 0.717) is 42.5 Å². The molecule has 3 N–H and O–H groups in total. The van der Waals surface area contributed by atoms with Gasteiger partial charge in [0.15, 0.2) is 0 Å². The zero-order chi connectivity index (χ0) is 17.2. The fourth-order valence-corrected chi connectivity index (χ4v) is 3.81. The third-order valence-corrected chi connectivity index (χ3v) is 5.67. The Kier molecular flexibility index (Phi) is 5.07. The van der Waals surface area contributed by atoms with Crippen LogP contribution in [0.4, 0.5) is 0 Å². The summed E-state index contributed by atoms with van der Waals surface area (Å²) in [6.07, 6.45) is 0.674. The fourth-order valence-electron chi connectivity index (χ4n) is 2.78. The normalized spacial score (nSPS) is 22.5. The van der Waals surface area contributed by atoms with Crippen molar-refractivity contribution in [2.24, 2.45) is 16.3 Å². The molecule has 3 heterocycles. The molecule has 1 fully saturated rings. The lowest BCUT2D eigenvalue weighted by molar-refractivity contribution is -0.136. The molecular weight excluding hydrogens is 354 g/mol. The summed E-state index contributed by atoms with van der Waals surface area (Å²) in [6, 6.07) is 3.62. The highest BCUT2D eigenvalue weighted by atomic mass is 35.5. The average Bonchev–Trinajstić information content (AvgIpc) is 3.22. The van der Waals surface area contributed by atoms with Gasteiger partial charge in [-0.1, -0.05) is 16.8 Å². The van der Waals surface area contributed by atoms with Gasteiger partial charge in [0.1, 0.15) is 5.71 Å². The number of nitrogens with two attached hydrogens (primary N) is 1. The first-order chi connectivity index (χ1) is 11.5. The lowest BCUT2D eigenvalue weighted by atomic mass is 9.79. The predicted octanol–water partition coefficient (Wildman–Crippen LogP) is 1.29. The third kappa shape index (κ3) is 3.55. The molecule has 9 heteroatoms. The molecule has 0 spiro atoms. The predicted molar refractivity (Wildman–Crippen MR) is 90.0 cm³/mol. The minimum Gasteiger partial charge on any atom is -0.382 e. The smallest absolute Gasteiger partial charge is 0.264 e. The van der Waals surface area contributed by atoms with Crippen molar-refractivity contribution in [3.8, 4) is 0 Å². The summed E-state index contributed by atoms with van der Waals surface area (Å²) in [6.45, 7) is 1.11. The fraction of sp³-hybridized carbons (Fsp3) is 0.533. The van der Waals surface area contributed by atoms with E-state index in [0.717, 1.165) is 4.88 Å². The lowest BCUT2D eigenvalue weighted by Gasteiger charge is -2.34. The highest BCUT2D eigenvalue weighted by Gasteiger charge is 2.40. The minimum absolute atomic E-state index is 0.185. The molecule has 0 bridgehead atoms. The molecule has 130 valence electrons. The second kappa shape index (κ2) is 7.08. The molecule has 1 unspecified atom stereocenters. The van der Waals surface area contributed by atoms with E-state index >= 15 is 0 Å². The number of hydrogen-bond donors (Lipinski definition) is 2. The highest BCUT2D eigenvalue weighted by molar-refractivity contribution is 7.18. The van der Waals surface area contributed by atoms with E-state index in [1.165, 1.54) is 11.3 Å². The van der Waals surface area contributed by atoms with Crippen LogP contribution in [-0.2, 0) is 19.2 Å². The summed E-state index contributed by atoms with van der Waals surface area (Å²) in [5.41, 5.74) is 5.48. The Morgan fingerprint density at radius 1 is 1.42 bits per heavy atom. The molecule has 0 aromatic carbocycles.